The van der Waals surface area contributed by atoms with Crippen LogP contribution in [-0.2, 0) is 4.79 Å². The van der Waals surface area contributed by atoms with Crippen LogP contribution in [0.4, 0.5) is 4.79 Å². The Morgan fingerprint density at radius 3 is 2.52 bits per heavy atom. The molecule has 0 aliphatic carbocycles. The second kappa shape index (κ2) is 9.91. The van der Waals surface area contributed by atoms with Crippen LogP contribution >= 0.6 is 0 Å². The van der Waals surface area contributed by atoms with Crippen molar-refractivity contribution in [1.82, 2.24) is 15.5 Å². The lowest BCUT2D eigenvalue weighted by molar-refractivity contribution is -0.131. The smallest absolute Gasteiger partial charge is 0.315 e. The minimum atomic E-state index is -0.276. The van der Waals surface area contributed by atoms with Crippen molar-refractivity contribution in [3.8, 4) is 5.75 Å². The fourth-order valence-electron chi connectivity index (χ4n) is 3.11. The SMILES string of the molecule is COc1ccccc1C(C)NC(=O)NCCC(=O)N1CCCCCC1. The van der Waals surface area contributed by atoms with Crippen LogP contribution in [0.2, 0.25) is 0 Å². The third kappa shape index (κ3) is 5.96. The van der Waals surface area contributed by atoms with Crippen LogP contribution in [0, 0.1) is 0 Å². The van der Waals surface area contributed by atoms with Crippen LogP contribution in [0.5, 0.6) is 5.75 Å². The maximum Gasteiger partial charge on any atom is 0.315 e. The molecule has 0 aromatic heterocycles. The summed E-state index contributed by atoms with van der Waals surface area (Å²) < 4.78 is 5.32. The van der Waals surface area contributed by atoms with Gasteiger partial charge in [-0.1, -0.05) is 31.0 Å². The summed E-state index contributed by atoms with van der Waals surface area (Å²) in [5.74, 6) is 0.867. The van der Waals surface area contributed by atoms with Gasteiger partial charge in [0, 0.05) is 31.6 Å². The molecule has 25 heavy (non-hydrogen) atoms. The number of carbonyl (C=O) groups excluding carboxylic acids is 2. The maximum atomic E-state index is 12.2. The third-order valence-corrected chi connectivity index (χ3v) is 4.54. The van der Waals surface area contributed by atoms with Gasteiger partial charge in [-0.15, -0.1) is 0 Å². The number of likely N-dealkylation sites (tertiary alicyclic amines) is 1. The van der Waals surface area contributed by atoms with Gasteiger partial charge in [-0.25, -0.2) is 4.79 Å². The number of nitrogens with one attached hydrogen (secondary N) is 2. The topological polar surface area (TPSA) is 70.7 Å². The number of hydrogen-bond acceptors (Lipinski definition) is 3. The second-order valence-corrected chi connectivity index (χ2v) is 6.41. The van der Waals surface area contributed by atoms with Crippen molar-refractivity contribution in [2.75, 3.05) is 26.7 Å². The molecule has 2 rings (SSSR count). The van der Waals surface area contributed by atoms with Crippen molar-refractivity contribution in [2.24, 2.45) is 0 Å². The Morgan fingerprint density at radius 1 is 1.16 bits per heavy atom. The molecule has 0 spiro atoms. The number of nitrogens with zero attached hydrogens (tertiary/aromatic N) is 1. The zero-order valence-electron chi connectivity index (χ0n) is 15.2. The van der Waals surface area contributed by atoms with Crippen molar-refractivity contribution in [3.63, 3.8) is 0 Å². The highest BCUT2D eigenvalue weighted by atomic mass is 16.5. The number of rotatable bonds is 6. The number of urea groups is 1. The van der Waals surface area contributed by atoms with E-state index in [0.717, 1.165) is 37.2 Å². The predicted octanol–water partition coefficient (Wildman–Crippen LogP) is 2.85. The molecule has 1 heterocycles. The lowest BCUT2D eigenvalue weighted by Crippen LogP contribution is -2.40. The van der Waals surface area contributed by atoms with E-state index in [0.29, 0.717) is 13.0 Å². The normalized spacial score (nSPS) is 15.8. The first-order valence-electron chi connectivity index (χ1n) is 9.07. The molecule has 1 unspecified atom stereocenters. The monoisotopic (exact) mass is 347 g/mol. The molecular weight excluding hydrogens is 318 g/mol. The van der Waals surface area contributed by atoms with Gasteiger partial charge in [0.2, 0.25) is 5.91 Å². The molecule has 1 fully saturated rings. The minimum absolute atomic E-state index is 0.125. The van der Waals surface area contributed by atoms with E-state index in [9.17, 15) is 9.59 Å². The lowest BCUT2D eigenvalue weighted by Gasteiger charge is -2.21. The minimum Gasteiger partial charge on any atom is -0.496 e. The summed E-state index contributed by atoms with van der Waals surface area (Å²) in [7, 11) is 1.61. The van der Waals surface area contributed by atoms with Gasteiger partial charge in [0.05, 0.1) is 13.2 Å². The van der Waals surface area contributed by atoms with Gasteiger partial charge in [-0.05, 0) is 25.8 Å². The molecule has 1 saturated heterocycles. The Balaban J connectivity index is 1.73. The molecule has 1 aromatic carbocycles. The average Bonchev–Trinajstić information content (AvgIpc) is 2.91. The zero-order valence-corrected chi connectivity index (χ0v) is 15.2. The largest absolute Gasteiger partial charge is 0.496 e. The van der Waals surface area contributed by atoms with Crippen LogP contribution in [-0.4, -0.2) is 43.6 Å². The Hall–Kier alpha value is -2.24. The van der Waals surface area contributed by atoms with Gasteiger partial charge >= 0.3 is 6.03 Å². The van der Waals surface area contributed by atoms with Gasteiger partial charge in [0.1, 0.15) is 5.75 Å². The van der Waals surface area contributed by atoms with E-state index in [1.807, 2.05) is 36.1 Å². The van der Waals surface area contributed by atoms with Gasteiger partial charge in [0.15, 0.2) is 0 Å². The molecule has 6 heteroatoms. The molecule has 0 bridgehead atoms. The number of benzene rings is 1. The van der Waals surface area contributed by atoms with Gasteiger partial charge in [0.25, 0.3) is 0 Å². The number of hydrogen-bond donors (Lipinski definition) is 2. The standard InChI is InChI=1S/C19H29N3O3/c1-15(16-9-5-6-10-17(16)25-2)21-19(24)20-12-11-18(23)22-13-7-3-4-8-14-22/h5-6,9-10,15H,3-4,7-8,11-14H2,1-2H3,(H2,20,21,24). The average molecular weight is 347 g/mol. The highest BCUT2D eigenvalue weighted by Crippen LogP contribution is 2.24. The highest BCUT2D eigenvalue weighted by Gasteiger charge is 2.16. The summed E-state index contributed by atoms with van der Waals surface area (Å²) in [6.45, 7) is 3.94. The molecule has 2 N–H and O–H groups in total. The first-order valence-corrected chi connectivity index (χ1v) is 9.07. The van der Waals surface area contributed by atoms with Crippen molar-refractivity contribution in [3.05, 3.63) is 29.8 Å². The molecule has 0 saturated carbocycles. The first kappa shape index (κ1) is 19.1. The fourth-order valence-corrected chi connectivity index (χ4v) is 3.11. The van der Waals surface area contributed by atoms with Crippen LogP contribution < -0.4 is 15.4 Å². The van der Waals surface area contributed by atoms with E-state index in [2.05, 4.69) is 10.6 Å². The Bertz CT molecular complexity index is 569. The quantitative estimate of drug-likeness (QED) is 0.831. The summed E-state index contributed by atoms with van der Waals surface area (Å²) in [6.07, 6.45) is 4.90. The fraction of sp³-hybridized carbons (Fsp3) is 0.579. The molecule has 3 amide bonds. The highest BCUT2D eigenvalue weighted by molar-refractivity contribution is 5.78. The van der Waals surface area contributed by atoms with Gasteiger partial charge in [-0.3, -0.25) is 4.79 Å². The molecule has 1 aliphatic heterocycles. The summed E-state index contributed by atoms with van der Waals surface area (Å²) in [5.41, 5.74) is 0.917. The predicted molar refractivity (Wildman–Crippen MR) is 97.6 cm³/mol. The number of carbonyl (C=O) groups is 2. The van der Waals surface area contributed by atoms with Gasteiger partial charge in [-0.2, -0.15) is 0 Å². The molecule has 1 aliphatic rings. The van der Waals surface area contributed by atoms with E-state index in [-0.39, 0.29) is 18.0 Å². The summed E-state index contributed by atoms with van der Waals surface area (Å²) in [5, 5.41) is 5.65. The van der Waals surface area contributed by atoms with Crippen molar-refractivity contribution < 1.29 is 14.3 Å². The van der Waals surface area contributed by atoms with Crippen LogP contribution in [0.3, 0.4) is 0 Å². The van der Waals surface area contributed by atoms with E-state index in [1.165, 1.54) is 12.8 Å². The number of ether oxygens (including phenoxy) is 1. The first-order chi connectivity index (χ1) is 12.1. The van der Waals surface area contributed by atoms with Crippen molar-refractivity contribution in [2.45, 2.75) is 45.1 Å². The number of para-hydroxylation sites is 1. The van der Waals surface area contributed by atoms with Crippen LogP contribution in [0.1, 0.15) is 50.6 Å². The second-order valence-electron chi connectivity index (χ2n) is 6.41. The van der Waals surface area contributed by atoms with E-state index < -0.39 is 0 Å². The van der Waals surface area contributed by atoms with Crippen LogP contribution in [0.25, 0.3) is 0 Å². The summed E-state index contributed by atoms with van der Waals surface area (Å²) in [4.78, 5) is 26.2. The summed E-state index contributed by atoms with van der Waals surface area (Å²) >= 11 is 0. The molecule has 1 aromatic rings. The Labute approximate surface area is 149 Å². The Morgan fingerprint density at radius 2 is 1.84 bits per heavy atom. The number of amides is 3. The molecule has 0 radical (unpaired) electrons. The molecular formula is C19H29N3O3. The molecule has 6 nitrogen and oxygen atoms in total. The Kier molecular flexibility index (Phi) is 7.57. The lowest BCUT2D eigenvalue weighted by atomic mass is 10.1. The third-order valence-electron chi connectivity index (χ3n) is 4.54. The van der Waals surface area contributed by atoms with Gasteiger partial charge < -0.3 is 20.3 Å². The summed E-state index contributed by atoms with van der Waals surface area (Å²) in [6, 6.07) is 7.13. The van der Waals surface area contributed by atoms with E-state index in [4.69, 9.17) is 4.74 Å². The maximum absolute atomic E-state index is 12.2. The van der Waals surface area contributed by atoms with Crippen LogP contribution in [0.15, 0.2) is 24.3 Å². The molecule has 1 atom stereocenters. The zero-order chi connectivity index (χ0) is 18.1. The van der Waals surface area contributed by atoms with Crippen molar-refractivity contribution in [1.29, 1.82) is 0 Å². The van der Waals surface area contributed by atoms with E-state index >= 15 is 0 Å². The van der Waals surface area contributed by atoms with E-state index in [1.54, 1.807) is 7.11 Å². The number of methoxy groups -OCH3 is 1. The van der Waals surface area contributed by atoms with Crippen molar-refractivity contribution >= 4 is 11.9 Å². The molecule has 138 valence electrons.